The van der Waals surface area contributed by atoms with E-state index in [1.54, 1.807) is 0 Å². The van der Waals surface area contributed by atoms with Crippen molar-refractivity contribution in [3.63, 3.8) is 0 Å². The predicted molar refractivity (Wildman–Crippen MR) is 68.9 cm³/mol. The third kappa shape index (κ3) is 2.58. The van der Waals surface area contributed by atoms with Crippen molar-refractivity contribution in [1.29, 1.82) is 5.26 Å². The van der Waals surface area contributed by atoms with Gasteiger partial charge in [-0.3, -0.25) is 0 Å². The maximum Gasteiger partial charge on any atom is 0.130 e. The molecule has 17 heavy (non-hydrogen) atoms. The quantitative estimate of drug-likeness (QED) is 0.743. The Morgan fingerprint density at radius 1 is 1.41 bits per heavy atom. The molecule has 0 saturated carbocycles. The van der Waals surface area contributed by atoms with Gasteiger partial charge >= 0.3 is 0 Å². The summed E-state index contributed by atoms with van der Waals surface area (Å²) in [6.07, 6.45) is 2.42. The van der Waals surface area contributed by atoms with E-state index in [0.717, 1.165) is 24.0 Å². The van der Waals surface area contributed by atoms with Crippen LogP contribution in [0.4, 0.5) is 5.82 Å². The molecule has 2 unspecified atom stereocenters. The molecule has 0 aliphatic carbocycles. The molecule has 90 valence electrons. The summed E-state index contributed by atoms with van der Waals surface area (Å²) in [4.78, 5) is 6.88. The smallest absolute Gasteiger partial charge is 0.130 e. The molecule has 1 aromatic rings. The number of nitrogens with zero attached hydrogens (tertiary/aromatic N) is 3. The molecule has 1 fully saturated rings. The van der Waals surface area contributed by atoms with Crippen LogP contribution < -0.4 is 4.90 Å². The SMILES string of the molecule is Cc1cc(C#N)cc(N2CCC(C)CC2C)n1. The summed E-state index contributed by atoms with van der Waals surface area (Å²) in [5.41, 5.74) is 1.63. The first kappa shape index (κ1) is 11.9. The van der Waals surface area contributed by atoms with Crippen molar-refractivity contribution in [2.45, 2.75) is 39.7 Å². The Bertz CT molecular complexity index is 447. The van der Waals surface area contributed by atoms with Gasteiger partial charge in [0, 0.05) is 18.3 Å². The molecule has 0 aromatic carbocycles. The second kappa shape index (κ2) is 4.75. The topological polar surface area (TPSA) is 39.9 Å². The van der Waals surface area contributed by atoms with Crippen molar-refractivity contribution >= 4 is 5.82 Å². The van der Waals surface area contributed by atoms with Gasteiger partial charge in [-0.2, -0.15) is 5.26 Å². The fraction of sp³-hybridized carbons (Fsp3) is 0.571. The maximum atomic E-state index is 9.00. The van der Waals surface area contributed by atoms with Crippen molar-refractivity contribution in [1.82, 2.24) is 4.98 Å². The van der Waals surface area contributed by atoms with Gasteiger partial charge in [0.15, 0.2) is 0 Å². The van der Waals surface area contributed by atoms with Crippen molar-refractivity contribution < 1.29 is 0 Å². The molecule has 1 aliphatic rings. The second-order valence-corrected chi connectivity index (χ2v) is 5.14. The zero-order valence-corrected chi connectivity index (χ0v) is 10.8. The number of pyridine rings is 1. The highest BCUT2D eigenvalue weighted by Crippen LogP contribution is 2.27. The Morgan fingerprint density at radius 3 is 2.82 bits per heavy atom. The van der Waals surface area contributed by atoms with Gasteiger partial charge in [-0.25, -0.2) is 4.98 Å². The zero-order valence-electron chi connectivity index (χ0n) is 10.8. The van der Waals surface area contributed by atoms with Crippen LogP contribution in [0, 0.1) is 24.2 Å². The molecule has 1 aliphatic heterocycles. The molecule has 2 heterocycles. The van der Waals surface area contributed by atoms with Crippen LogP contribution in [0.15, 0.2) is 12.1 Å². The first-order valence-electron chi connectivity index (χ1n) is 6.25. The molecular weight excluding hydrogens is 210 g/mol. The van der Waals surface area contributed by atoms with Gasteiger partial charge in [-0.15, -0.1) is 0 Å². The van der Waals surface area contributed by atoms with Gasteiger partial charge < -0.3 is 4.90 Å². The van der Waals surface area contributed by atoms with Gasteiger partial charge in [0.25, 0.3) is 0 Å². The molecule has 1 aromatic heterocycles. The van der Waals surface area contributed by atoms with E-state index >= 15 is 0 Å². The van der Waals surface area contributed by atoms with Gasteiger partial charge in [-0.1, -0.05) is 6.92 Å². The largest absolute Gasteiger partial charge is 0.354 e. The zero-order chi connectivity index (χ0) is 12.4. The van der Waals surface area contributed by atoms with Gasteiger partial charge in [-0.05, 0) is 44.7 Å². The standard InChI is InChI=1S/C14H19N3/c1-10-4-5-17(12(3)6-10)14-8-13(9-15)7-11(2)16-14/h7-8,10,12H,4-6H2,1-3H3. The van der Waals surface area contributed by atoms with E-state index in [4.69, 9.17) is 5.26 Å². The van der Waals surface area contributed by atoms with Crippen LogP contribution in [0.25, 0.3) is 0 Å². The minimum absolute atomic E-state index is 0.514. The Labute approximate surface area is 103 Å². The minimum Gasteiger partial charge on any atom is -0.354 e. The van der Waals surface area contributed by atoms with E-state index < -0.39 is 0 Å². The van der Waals surface area contributed by atoms with Crippen molar-refractivity contribution in [3.05, 3.63) is 23.4 Å². The van der Waals surface area contributed by atoms with Gasteiger partial charge in [0.1, 0.15) is 5.82 Å². The summed E-state index contributed by atoms with van der Waals surface area (Å²) in [5, 5.41) is 9.00. The normalized spacial score (nSPS) is 24.5. The van der Waals surface area contributed by atoms with E-state index in [1.807, 2.05) is 19.1 Å². The Morgan fingerprint density at radius 2 is 2.18 bits per heavy atom. The van der Waals surface area contributed by atoms with Crippen LogP contribution in [0.1, 0.15) is 37.9 Å². The number of hydrogen-bond donors (Lipinski definition) is 0. The molecule has 1 saturated heterocycles. The van der Waals surface area contributed by atoms with E-state index in [-0.39, 0.29) is 0 Å². The molecule has 3 nitrogen and oxygen atoms in total. The molecular formula is C14H19N3. The number of aromatic nitrogens is 1. The van der Waals surface area contributed by atoms with Gasteiger partial charge in [0.05, 0.1) is 11.6 Å². The third-order valence-corrected chi connectivity index (χ3v) is 3.50. The molecule has 0 bridgehead atoms. The molecule has 0 amide bonds. The summed E-state index contributed by atoms with van der Waals surface area (Å²) in [6.45, 7) is 7.54. The van der Waals surface area contributed by atoms with Gasteiger partial charge in [0.2, 0.25) is 0 Å². The predicted octanol–water partition coefficient (Wildman–Crippen LogP) is 2.89. The minimum atomic E-state index is 0.514. The lowest BCUT2D eigenvalue weighted by atomic mass is 9.93. The van der Waals surface area contributed by atoms with Crippen molar-refractivity contribution in [2.24, 2.45) is 5.92 Å². The lowest BCUT2D eigenvalue weighted by molar-refractivity contribution is 0.376. The van der Waals surface area contributed by atoms with Crippen LogP contribution in [0.2, 0.25) is 0 Å². The number of piperidine rings is 1. The first-order valence-corrected chi connectivity index (χ1v) is 6.25. The molecule has 2 atom stereocenters. The number of anilines is 1. The number of rotatable bonds is 1. The average molecular weight is 229 g/mol. The first-order chi connectivity index (χ1) is 8.10. The van der Waals surface area contributed by atoms with Crippen LogP contribution in [-0.4, -0.2) is 17.6 Å². The third-order valence-electron chi connectivity index (χ3n) is 3.50. The highest BCUT2D eigenvalue weighted by Gasteiger charge is 2.24. The average Bonchev–Trinajstić information content (AvgIpc) is 2.28. The summed E-state index contributed by atoms with van der Waals surface area (Å²) in [7, 11) is 0. The highest BCUT2D eigenvalue weighted by atomic mass is 15.2. The summed E-state index contributed by atoms with van der Waals surface area (Å²) >= 11 is 0. The summed E-state index contributed by atoms with van der Waals surface area (Å²) < 4.78 is 0. The molecule has 3 heteroatoms. The fourth-order valence-electron chi connectivity index (χ4n) is 2.61. The van der Waals surface area contributed by atoms with Crippen LogP contribution in [0.3, 0.4) is 0 Å². The van der Waals surface area contributed by atoms with Crippen molar-refractivity contribution in [2.75, 3.05) is 11.4 Å². The van der Waals surface area contributed by atoms with Crippen molar-refractivity contribution in [3.8, 4) is 6.07 Å². The Balaban J connectivity index is 2.28. The second-order valence-electron chi connectivity index (χ2n) is 5.14. The fourth-order valence-corrected chi connectivity index (χ4v) is 2.61. The summed E-state index contributed by atoms with van der Waals surface area (Å²) in [6, 6.07) is 6.45. The Kier molecular flexibility index (Phi) is 3.33. The molecule has 0 spiro atoms. The summed E-state index contributed by atoms with van der Waals surface area (Å²) in [5.74, 6) is 1.75. The lowest BCUT2D eigenvalue weighted by Gasteiger charge is -2.37. The van der Waals surface area contributed by atoms with Crippen LogP contribution >= 0.6 is 0 Å². The monoisotopic (exact) mass is 229 g/mol. The molecule has 0 N–H and O–H groups in total. The maximum absolute atomic E-state index is 9.00. The molecule has 0 radical (unpaired) electrons. The van der Waals surface area contributed by atoms with E-state index in [1.165, 1.54) is 12.8 Å². The van der Waals surface area contributed by atoms with E-state index in [9.17, 15) is 0 Å². The van der Waals surface area contributed by atoms with Crippen LogP contribution in [0.5, 0.6) is 0 Å². The number of hydrogen-bond acceptors (Lipinski definition) is 3. The lowest BCUT2D eigenvalue weighted by Crippen LogP contribution is -2.40. The van der Waals surface area contributed by atoms with Crippen LogP contribution in [-0.2, 0) is 0 Å². The highest BCUT2D eigenvalue weighted by molar-refractivity contribution is 5.47. The molecule has 2 rings (SSSR count). The number of aryl methyl sites for hydroxylation is 1. The Hall–Kier alpha value is -1.56. The van der Waals surface area contributed by atoms with E-state index in [0.29, 0.717) is 11.6 Å². The van der Waals surface area contributed by atoms with E-state index in [2.05, 4.69) is 29.8 Å². The number of nitriles is 1.